The first-order chi connectivity index (χ1) is 6.52. The molecular weight excluding hydrogens is 174 g/mol. The lowest BCUT2D eigenvalue weighted by molar-refractivity contribution is 0.00219. The van der Waals surface area contributed by atoms with Crippen molar-refractivity contribution in [2.75, 3.05) is 6.61 Å². The predicted molar refractivity (Wildman–Crippen MR) is 57.0 cm³/mol. The van der Waals surface area contributed by atoms with E-state index in [4.69, 9.17) is 4.74 Å². The molecule has 0 radical (unpaired) electrons. The van der Waals surface area contributed by atoms with Gasteiger partial charge in [0.2, 0.25) is 0 Å². The van der Waals surface area contributed by atoms with Gasteiger partial charge in [-0.25, -0.2) is 0 Å². The lowest BCUT2D eigenvalue weighted by atomic mass is 10.0. The largest absolute Gasteiger partial charge is 0.355 e. The fourth-order valence-electron chi connectivity index (χ4n) is 1.95. The normalized spacial score (nSPS) is 30.5. The first-order valence-corrected chi connectivity index (χ1v) is 5.01. The van der Waals surface area contributed by atoms with Crippen LogP contribution < -0.4 is 5.32 Å². The molecule has 2 rings (SSSR count). The van der Waals surface area contributed by atoms with Crippen LogP contribution in [0.2, 0.25) is 0 Å². The summed E-state index contributed by atoms with van der Waals surface area (Å²) in [4.78, 5) is 0. The van der Waals surface area contributed by atoms with Gasteiger partial charge >= 0.3 is 0 Å². The van der Waals surface area contributed by atoms with Gasteiger partial charge in [-0.1, -0.05) is 30.3 Å². The summed E-state index contributed by atoms with van der Waals surface area (Å²) in [7, 11) is 0. The van der Waals surface area contributed by atoms with Crippen molar-refractivity contribution in [2.24, 2.45) is 0 Å². The summed E-state index contributed by atoms with van der Waals surface area (Å²) in [5.74, 6) is 0. The summed E-state index contributed by atoms with van der Waals surface area (Å²) in [5.41, 5.74) is 0.917. The summed E-state index contributed by atoms with van der Waals surface area (Å²) >= 11 is 0. The van der Waals surface area contributed by atoms with E-state index in [2.05, 4.69) is 38.2 Å². The Balaban J connectivity index is 2.27. The van der Waals surface area contributed by atoms with Crippen LogP contribution in [0.5, 0.6) is 0 Å². The summed E-state index contributed by atoms with van der Waals surface area (Å²) in [5, 5.41) is 3.50. The molecule has 1 aromatic carbocycles. The molecule has 76 valence electrons. The molecule has 1 aliphatic rings. The Morgan fingerprint density at radius 2 is 1.79 bits per heavy atom. The van der Waals surface area contributed by atoms with Crippen LogP contribution in [-0.4, -0.2) is 12.1 Å². The van der Waals surface area contributed by atoms with E-state index < -0.39 is 0 Å². The summed E-state index contributed by atoms with van der Waals surface area (Å²) in [6.07, 6.45) is 0. The molecule has 0 aliphatic carbocycles. The molecule has 1 N–H and O–H groups in total. The minimum Gasteiger partial charge on any atom is -0.355 e. The highest BCUT2D eigenvalue weighted by molar-refractivity contribution is 5.23. The van der Waals surface area contributed by atoms with Gasteiger partial charge < -0.3 is 4.74 Å². The van der Waals surface area contributed by atoms with E-state index >= 15 is 0 Å². The van der Waals surface area contributed by atoms with E-state index in [0.717, 1.165) is 6.61 Å². The van der Waals surface area contributed by atoms with E-state index in [-0.39, 0.29) is 11.3 Å². The van der Waals surface area contributed by atoms with E-state index in [0.29, 0.717) is 0 Å². The van der Waals surface area contributed by atoms with Gasteiger partial charge in [-0.05, 0) is 26.3 Å². The van der Waals surface area contributed by atoms with Gasteiger partial charge in [0.1, 0.15) is 5.72 Å². The van der Waals surface area contributed by atoms with Crippen molar-refractivity contribution in [3.8, 4) is 0 Å². The molecule has 0 saturated carbocycles. The molecule has 0 bridgehead atoms. The SMILES string of the molecule is CC1(C)COC(C)(c2ccccc2)N1. The molecule has 1 unspecified atom stereocenters. The van der Waals surface area contributed by atoms with Crippen LogP contribution in [0.1, 0.15) is 26.3 Å². The Kier molecular flexibility index (Phi) is 2.13. The molecule has 2 nitrogen and oxygen atoms in total. The maximum absolute atomic E-state index is 5.83. The van der Waals surface area contributed by atoms with Gasteiger partial charge in [0, 0.05) is 5.54 Å². The van der Waals surface area contributed by atoms with Crippen LogP contribution in [0.4, 0.5) is 0 Å². The molecule has 0 amide bonds. The smallest absolute Gasteiger partial charge is 0.143 e. The maximum Gasteiger partial charge on any atom is 0.143 e. The number of hydrogen-bond donors (Lipinski definition) is 1. The second-order valence-corrected chi connectivity index (χ2v) is 4.70. The highest BCUT2D eigenvalue weighted by atomic mass is 16.5. The molecule has 1 saturated heterocycles. The van der Waals surface area contributed by atoms with Crippen molar-refractivity contribution in [1.82, 2.24) is 5.32 Å². The van der Waals surface area contributed by atoms with Gasteiger partial charge in [-0.3, -0.25) is 5.32 Å². The van der Waals surface area contributed by atoms with Gasteiger partial charge in [-0.15, -0.1) is 0 Å². The Bertz CT molecular complexity index is 320. The fourth-order valence-corrected chi connectivity index (χ4v) is 1.95. The lowest BCUT2D eigenvalue weighted by Crippen LogP contribution is -2.44. The average molecular weight is 191 g/mol. The van der Waals surface area contributed by atoms with Gasteiger partial charge in [0.15, 0.2) is 0 Å². The quantitative estimate of drug-likeness (QED) is 0.735. The molecule has 1 aromatic rings. The minimum absolute atomic E-state index is 0.0601. The molecule has 14 heavy (non-hydrogen) atoms. The lowest BCUT2D eigenvalue weighted by Gasteiger charge is -2.27. The van der Waals surface area contributed by atoms with Crippen LogP contribution in [0.25, 0.3) is 0 Å². The summed E-state index contributed by atoms with van der Waals surface area (Å²) < 4.78 is 5.83. The average Bonchev–Trinajstić information content (AvgIpc) is 2.44. The Hall–Kier alpha value is -0.860. The van der Waals surface area contributed by atoms with E-state index in [1.54, 1.807) is 0 Å². The van der Waals surface area contributed by atoms with Crippen LogP contribution in [0, 0.1) is 0 Å². The Morgan fingerprint density at radius 1 is 1.14 bits per heavy atom. The molecule has 0 aromatic heterocycles. The van der Waals surface area contributed by atoms with Crippen LogP contribution in [-0.2, 0) is 10.5 Å². The van der Waals surface area contributed by atoms with Gasteiger partial charge in [-0.2, -0.15) is 0 Å². The Morgan fingerprint density at radius 3 is 2.29 bits per heavy atom. The minimum atomic E-state index is -0.329. The second-order valence-electron chi connectivity index (χ2n) is 4.70. The number of ether oxygens (including phenoxy) is 1. The molecule has 2 heteroatoms. The van der Waals surface area contributed by atoms with Crippen molar-refractivity contribution >= 4 is 0 Å². The molecular formula is C12H17NO. The first-order valence-electron chi connectivity index (χ1n) is 5.01. The van der Waals surface area contributed by atoms with Crippen molar-refractivity contribution in [3.63, 3.8) is 0 Å². The van der Waals surface area contributed by atoms with Gasteiger partial charge in [0.25, 0.3) is 0 Å². The molecule has 1 atom stereocenters. The number of nitrogens with one attached hydrogen (secondary N) is 1. The van der Waals surface area contributed by atoms with Crippen molar-refractivity contribution in [1.29, 1.82) is 0 Å². The van der Waals surface area contributed by atoms with Crippen LogP contribution in [0.15, 0.2) is 30.3 Å². The monoisotopic (exact) mass is 191 g/mol. The number of hydrogen-bond acceptors (Lipinski definition) is 2. The number of rotatable bonds is 1. The molecule has 1 aliphatic heterocycles. The van der Waals surface area contributed by atoms with Crippen molar-refractivity contribution in [3.05, 3.63) is 35.9 Å². The van der Waals surface area contributed by atoms with E-state index in [1.807, 2.05) is 18.2 Å². The molecule has 1 fully saturated rings. The summed E-state index contributed by atoms with van der Waals surface area (Å²) in [6, 6.07) is 10.3. The third kappa shape index (κ3) is 1.68. The maximum atomic E-state index is 5.83. The molecule has 1 heterocycles. The zero-order chi connectivity index (χ0) is 10.2. The zero-order valence-corrected chi connectivity index (χ0v) is 9.00. The number of benzene rings is 1. The van der Waals surface area contributed by atoms with Crippen LogP contribution >= 0.6 is 0 Å². The third-order valence-corrected chi connectivity index (χ3v) is 2.62. The van der Waals surface area contributed by atoms with Crippen molar-refractivity contribution < 1.29 is 4.74 Å². The highest BCUT2D eigenvalue weighted by Crippen LogP contribution is 2.31. The first kappa shape index (κ1) is 9.69. The standard InChI is InChI=1S/C12H17NO/c1-11(2)9-14-12(3,13-11)10-7-5-4-6-8-10/h4-8,13H,9H2,1-3H3. The third-order valence-electron chi connectivity index (χ3n) is 2.62. The van der Waals surface area contributed by atoms with Crippen LogP contribution in [0.3, 0.4) is 0 Å². The Labute approximate surface area is 85.3 Å². The molecule has 0 spiro atoms. The van der Waals surface area contributed by atoms with Crippen molar-refractivity contribution in [2.45, 2.75) is 32.0 Å². The van der Waals surface area contributed by atoms with E-state index in [1.165, 1.54) is 5.56 Å². The van der Waals surface area contributed by atoms with E-state index in [9.17, 15) is 0 Å². The fraction of sp³-hybridized carbons (Fsp3) is 0.500. The topological polar surface area (TPSA) is 21.3 Å². The van der Waals surface area contributed by atoms with Gasteiger partial charge in [0.05, 0.1) is 6.61 Å². The highest BCUT2D eigenvalue weighted by Gasteiger charge is 2.40. The predicted octanol–water partition coefficient (Wildman–Crippen LogP) is 2.26. The summed E-state index contributed by atoms with van der Waals surface area (Å²) in [6.45, 7) is 7.14. The second kappa shape index (κ2) is 3.07. The zero-order valence-electron chi connectivity index (χ0n) is 9.00.